The number of pyridine rings is 1. The molecule has 2 aromatic rings. The highest BCUT2D eigenvalue weighted by atomic mass is 16.5. The normalized spacial score (nSPS) is 12.0. The Hall–Kier alpha value is -2.31. The predicted molar refractivity (Wildman–Crippen MR) is 70.7 cm³/mol. The van der Waals surface area contributed by atoms with Crippen molar-refractivity contribution in [2.24, 2.45) is 10.7 Å². The van der Waals surface area contributed by atoms with E-state index in [9.17, 15) is 0 Å². The summed E-state index contributed by atoms with van der Waals surface area (Å²) >= 11 is 0. The minimum absolute atomic E-state index is 0.305. The van der Waals surface area contributed by atoms with Gasteiger partial charge < -0.3 is 21.2 Å². The number of methoxy groups -OCH3 is 1. The average molecular weight is 248 g/mol. The summed E-state index contributed by atoms with van der Waals surface area (Å²) in [5.41, 5.74) is 14.1. The number of ether oxygens (including phenoxy) is 1. The second-order valence-corrected chi connectivity index (χ2v) is 3.78. The van der Waals surface area contributed by atoms with Crippen molar-refractivity contribution in [2.75, 3.05) is 19.4 Å². The Bertz CT molecular complexity index is 588. The lowest BCUT2D eigenvalue weighted by atomic mass is 10.1. The lowest BCUT2D eigenvalue weighted by Crippen LogP contribution is -2.18. The number of nitrogen functional groups attached to an aromatic ring is 1. The number of aromatic amines is 1. The van der Waals surface area contributed by atoms with E-state index in [0.717, 1.165) is 6.42 Å². The molecule has 2 rings (SSSR count). The van der Waals surface area contributed by atoms with Crippen LogP contribution in [0.25, 0.3) is 11.2 Å². The molecule has 0 bridgehead atoms. The fourth-order valence-electron chi connectivity index (χ4n) is 1.69. The van der Waals surface area contributed by atoms with Crippen LogP contribution in [0, 0.1) is 0 Å². The van der Waals surface area contributed by atoms with Gasteiger partial charge in [-0.05, 0) is 6.42 Å². The number of amidine groups is 1. The summed E-state index contributed by atoms with van der Waals surface area (Å²) in [6.45, 7) is 2.67. The predicted octanol–water partition coefficient (Wildman–Crippen LogP) is 0.664. The Morgan fingerprint density at radius 3 is 3.00 bits per heavy atom. The molecule has 0 saturated carbocycles. The number of imidazole rings is 1. The first-order valence-electron chi connectivity index (χ1n) is 5.65. The molecule has 7 heteroatoms. The maximum absolute atomic E-state index is 6.00. The Balaban J connectivity index is 2.66. The van der Waals surface area contributed by atoms with Crippen molar-refractivity contribution >= 4 is 22.7 Å². The van der Waals surface area contributed by atoms with E-state index in [1.54, 1.807) is 0 Å². The average Bonchev–Trinajstić information content (AvgIpc) is 2.82. The number of hydrogen-bond donors (Lipinski definition) is 3. The molecule has 18 heavy (non-hydrogen) atoms. The van der Waals surface area contributed by atoms with Gasteiger partial charge in [0.2, 0.25) is 5.88 Å². The molecule has 2 aromatic heterocycles. The molecule has 0 fully saturated rings. The highest BCUT2D eigenvalue weighted by molar-refractivity contribution is 6.11. The van der Waals surface area contributed by atoms with E-state index in [0.29, 0.717) is 40.7 Å². The van der Waals surface area contributed by atoms with Crippen molar-refractivity contribution in [1.82, 2.24) is 15.0 Å². The minimum Gasteiger partial charge on any atom is -0.479 e. The molecule has 0 aliphatic heterocycles. The van der Waals surface area contributed by atoms with Crippen LogP contribution < -0.4 is 16.2 Å². The first-order chi connectivity index (χ1) is 8.69. The number of rotatable bonds is 4. The Morgan fingerprint density at radius 1 is 1.56 bits per heavy atom. The molecule has 2 heterocycles. The monoisotopic (exact) mass is 248 g/mol. The number of H-pyrrole nitrogens is 1. The number of anilines is 1. The second-order valence-electron chi connectivity index (χ2n) is 3.78. The zero-order valence-electron chi connectivity index (χ0n) is 10.4. The van der Waals surface area contributed by atoms with Crippen LogP contribution in [0.1, 0.15) is 18.9 Å². The number of fused-ring (bicyclic) bond motifs is 1. The summed E-state index contributed by atoms with van der Waals surface area (Å²) in [5, 5.41) is 0. The summed E-state index contributed by atoms with van der Waals surface area (Å²) in [6.07, 6.45) is 2.45. The van der Waals surface area contributed by atoms with Crippen molar-refractivity contribution in [3.8, 4) is 5.88 Å². The zero-order chi connectivity index (χ0) is 13.1. The fraction of sp³-hybridized carbons (Fsp3) is 0.364. The van der Waals surface area contributed by atoms with Crippen LogP contribution in [-0.2, 0) is 0 Å². The van der Waals surface area contributed by atoms with Gasteiger partial charge in [-0.3, -0.25) is 4.99 Å². The van der Waals surface area contributed by atoms with Gasteiger partial charge in [0, 0.05) is 6.54 Å². The van der Waals surface area contributed by atoms with Crippen molar-refractivity contribution < 1.29 is 4.74 Å². The largest absolute Gasteiger partial charge is 0.479 e. The summed E-state index contributed by atoms with van der Waals surface area (Å²) in [7, 11) is 1.50. The highest BCUT2D eigenvalue weighted by Crippen LogP contribution is 2.28. The van der Waals surface area contributed by atoms with Gasteiger partial charge in [0.15, 0.2) is 5.65 Å². The topological polar surface area (TPSA) is 115 Å². The standard InChI is InChI=1S/C11H16N6O/c1-3-4-14-9(13)6-7(12)11(18-2)17-10-8(6)15-5-16-10/h5H,3-4,12H2,1-2H3,(H2,13,14)(H,15,16,17). The van der Waals surface area contributed by atoms with E-state index in [1.807, 2.05) is 6.92 Å². The Labute approximate surface area is 104 Å². The lowest BCUT2D eigenvalue weighted by Gasteiger charge is -2.09. The molecule has 0 amide bonds. The number of aromatic nitrogens is 3. The van der Waals surface area contributed by atoms with E-state index >= 15 is 0 Å². The second kappa shape index (κ2) is 4.91. The Kier molecular flexibility index (Phi) is 3.31. The fourth-order valence-corrected chi connectivity index (χ4v) is 1.69. The van der Waals surface area contributed by atoms with Crippen LogP contribution >= 0.6 is 0 Å². The number of hydrogen-bond acceptors (Lipinski definition) is 5. The molecule has 0 spiro atoms. The van der Waals surface area contributed by atoms with E-state index in [1.165, 1.54) is 13.4 Å². The molecule has 96 valence electrons. The lowest BCUT2D eigenvalue weighted by molar-refractivity contribution is 0.401. The molecule has 5 N–H and O–H groups in total. The number of nitrogens with two attached hydrogens (primary N) is 2. The zero-order valence-corrected chi connectivity index (χ0v) is 10.4. The number of aliphatic imine (C=N–C) groups is 1. The van der Waals surface area contributed by atoms with Crippen molar-refractivity contribution in [2.45, 2.75) is 13.3 Å². The third-order valence-electron chi connectivity index (χ3n) is 2.53. The molecule has 7 nitrogen and oxygen atoms in total. The SMILES string of the molecule is CCCN=C(N)c1c(N)c(OC)nc2nc[nH]c12. The maximum Gasteiger partial charge on any atom is 0.239 e. The van der Waals surface area contributed by atoms with Gasteiger partial charge in [-0.2, -0.15) is 4.98 Å². The van der Waals surface area contributed by atoms with Crippen LogP contribution in [0.2, 0.25) is 0 Å². The van der Waals surface area contributed by atoms with Gasteiger partial charge in [0.25, 0.3) is 0 Å². The quantitative estimate of drug-likeness (QED) is 0.543. The molecule has 0 aliphatic carbocycles. The smallest absolute Gasteiger partial charge is 0.239 e. The molecule has 0 aliphatic rings. The summed E-state index contributed by atoms with van der Waals surface area (Å²) in [4.78, 5) is 15.5. The summed E-state index contributed by atoms with van der Waals surface area (Å²) < 4.78 is 5.12. The summed E-state index contributed by atoms with van der Waals surface area (Å²) in [6, 6.07) is 0. The Morgan fingerprint density at radius 2 is 2.33 bits per heavy atom. The van der Waals surface area contributed by atoms with Crippen LogP contribution in [-0.4, -0.2) is 34.4 Å². The first-order valence-corrected chi connectivity index (χ1v) is 5.65. The molecule has 0 atom stereocenters. The molecular formula is C11H16N6O. The van der Waals surface area contributed by atoms with Gasteiger partial charge in [0.05, 0.1) is 24.5 Å². The first kappa shape index (κ1) is 12.2. The minimum atomic E-state index is 0.305. The molecule has 0 saturated heterocycles. The van der Waals surface area contributed by atoms with E-state index in [2.05, 4.69) is 19.9 Å². The van der Waals surface area contributed by atoms with E-state index in [-0.39, 0.29) is 0 Å². The molecular weight excluding hydrogens is 232 g/mol. The van der Waals surface area contributed by atoms with Gasteiger partial charge in [0.1, 0.15) is 11.5 Å². The maximum atomic E-state index is 6.00. The summed E-state index contributed by atoms with van der Waals surface area (Å²) in [5.74, 6) is 0.670. The number of nitrogens with zero attached hydrogens (tertiary/aromatic N) is 3. The van der Waals surface area contributed by atoms with Crippen molar-refractivity contribution in [3.05, 3.63) is 11.9 Å². The molecule has 0 aromatic carbocycles. The third kappa shape index (κ3) is 1.94. The van der Waals surface area contributed by atoms with Gasteiger partial charge in [-0.15, -0.1) is 0 Å². The number of nitrogens with one attached hydrogen (secondary N) is 1. The van der Waals surface area contributed by atoms with E-state index in [4.69, 9.17) is 16.2 Å². The van der Waals surface area contributed by atoms with Crippen LogP contribution in [0.4, 0.5) is 5.69 Å². The molecule has 0 unspecified atom stereocenters. The van der Waals surface area contributed by atoms with Crippen LogP contribution in [0.5, 0.6) is 5.88 Å². The van der Waals surface area contributed by atoms with Crippen molar-refractivity contribution in [3.63, 3.8) is 0 Å². The van der Waals surface area contributed by atoms with E-state index < -0.39 is 0 Å². The van der Waals surface area contributed by atoms with Crippen LogP contribution in [0.3, 0.4) is 0 Å². The highest BCUT2D eigenvalue weighted by Gasteiger charge is 2.17. The third-order valence-corrected chi connectivity index (χ3v) is 2.53. The van der Waals surface area contributed by atoms with Gasteiger partial charge in [-0.1, -0.05) is 6.92 Å². The van der Waals surface area contributed by atoms with Crippen molar-refractivity contribution in [1.29, 1.82) is 0 Å². The van der Waals surface area contributed by atoms with Gasteiger partial charge >= 0.3 is 0 Å². The van der Waals surface area contributed by atoms with Gasteiger partial charge in [-0.25, -0.2) is 4.98 Å². The molecule has 0 radical (unpaired) electrons. The van der Waals surface area contributed by atoms with Crippen LogP contribution in [0.15, 0.2) is 11.3 Å².